The van der Waals surface area contributed by atoms with Gasteiger partial charge >= 0.3 is 0 Å². The summed E-state index contributed by atoms with van der Waals surface area (Å²) in [6.07, 6.45) is 0. The van der Waals surface area contributed by atoms with Crippen LogP contribution in [0.4, 0.5) is 5.69 Å². The molecule has 0 aliphatic carbocycles. The number of aryl methyl sites for hydroxylation is 1. The van der Waals surface area contributed by atoms with Crippen LogP contribution in [0.15, 0.2) is 23.1 Å². The number of nitrogens with two attached hydrogens (primary N) is 2. The summed E-state index contributed by atoms with van der Waals surface area (Å²) in [7, 11) is 0. The summed E-state index contributed by atoms with van der Waals surface area (Å²) in [5.41, 5.74) is 13.4. The SMILES string of the molecule is Cc1cc(N)ccc1SCC(C)N. The lowest BCUT2D eigenvalue weighted by Gasteiger charge is -2.07. The first-order valence-corrected chi connectivity index (χ1v) is 5.32. The van der Waals surface area contributed by atoms with Crippen molar-refractivity contribution in [2.45, 2.75) is 24.8 Å². The first-order valence-electron chi connectivity index (χ1n) is 4.34. The maximum absolute atomic E-state index is 5.67. The highest BCUT2D eigenvalue weighted by atomic mass is 32.2. The topological polar surface area (TPSA) is 52.0 Å². The Balaban J connectivity index is 2.67. The van der Waals surface area contributed by atoms with Crippen LogP contribution in [-0.4, -0.2) is 11.8 Å². The van der Waals surface area contributed by atoms with E-state index in [2.05, 4.69) is 13.0 Å². The summed E-state index contributed by atoms with van der Waals surface area (Å²) in [4.78, 5) is 1.27. The zero-order valence-electron chi connectivity index (χ0n) is 8.08. The second kappa shape index (κ2) is 4.53. The first-order chi connectivity index (χ1) is 6.09. The van der Waals surface area contributed by atoms with Gasteiger partial charge in [-0.3, -0.25) is 0 Å². The molecule has 72 valence electrons. The molecule has 0 saturated heterocycles. The quantitative estimate of drug-likeness (QED) is 0.574. The van der Waals surface area contributed by atoms with Crippen molar-refractivity contribution in [1.82, 2.24) is 0 Å². The standard InChI is InChI=1S/C10H16N2S/c1-7-5-9(12)3-4-10(7)13-6-8(2)11/h3-5,8H,6,11-12H2,1-2H3. The largest absolute Gasteiger partial charge is 0.399 e. The molecule has 0 radical (unpaired) electrons. The van der Waals surface area contributed by atoms with E-state index in [1.807, 2.05) is 19.1 Å². The minimum atomic E-state index is 0.238. The predicted molar refractivity (Wildman–Crippen MR) is 60.0 cm³/mol. The van der Waals surface area contributed by atoms with E-state index in [4.69, 9.17) is 11.5 Å². The lowest BCUT2D eigenvalue weighted by molar-refractivity contribution is 0.847. The van der Waals surface area contributed by atoms with Crippen LogP contribution in [0.5, 0.6) is 0 Å². The molecule has 0 heterocycles. The van der Waals surface area contributed by atoms with Crippen molar-refractivity contribution in [3.8, 4) is 0 Å². The molecule has 1 unspecified atom stereocenters. The summed E-state index contributed by atoms with van der Waals surface area (Å²) in [6, 6.07) is 6.21. The van der Waals surface area contributed by atoms with Gasteiger partial charge in [-0.2, -0.15) is 0 Å². The molecule has 0 aliphatic heterocycles. The van der Waals surface area contributed by atoms with Crippen molar-refractivity contribution in [2.24, 2.45) is 5.73 Å². The minimum Gasteiger partial charge on any atom is -0.399 e. The van der Waals surface area contributed by atoms with Crippen LogP contribution >= 0.6 is 11.8 Å². The fourth-order valence-corrected chi connectivity index (χ4v) is 1.95. The second-order valence-electron chi connectivity index (χ2n) is 3.31. The molecule has 3 heteroatoms. The normalized spacial score (nSPS) is 12.8. The smallest absolute Gasteiger partial charge is 0.0317 e. The Morgan fingerprint density at radius 2 is 2.15 bits per heavy atom. The third-order valence-corrected chi connectivity index (χ3v) is 3.16. The van der Waals surface area contributed by atoms with Gasteiger partial charge in [0.25, 0.3) is 0 Å². The lowest BCUT2D eigenvalue weighted by Crippen LogP contribution is -2.17. The molecule has 1 aromatic carbocycles. The molecular weight excluding hydrogens is 180 g/mol. The molecule has 0 aliphatic rings. The Bertz CT molecular complexity index is 284. The van der Waals surface area contributed by atoms with Crippen LogP contribution in [0.3, 0.4) is 0 Å². The molecule has 0 spiro atoms. The fourth-order valence-electron chi connectivity index (χ4n) is 1.06. The number of benzene rings is 1. The van der Waals surface area contributed by atoms with Gasteiger partial charge in [0.2, 0.25) is 0 Å². The van der Waals surface area contributed by atoms with Crippen LogP contribution in [0.1, 0.15) is 12.5 Å². The predicted octanol–water partition coefficient (Wildman–Crippen LogP) is 2.02. The van der Waals surface area contributed by atoms with Gasteiger partial charge in [-0.1, -0.05) is 0 Å². The highest BCUT2D eigenvalue weighted by Crippen LogP contribution is 2.24. The summed E-state index contributed by atoms with van der Waals surface area (Å²) >= 11 is 1.78. The molecule has 0 fully saturated rings. The molecule has 1 atom stereocenters. The molecule has 4 N–H and O–H groups in total. The van der Waals surface area contributed by atoms with E-state index in [1.54, 1.807) is 11.8 Å². The van der Waals surface area contributed by atoms with Crippen LogP contribution < -0.4 is 11.5 Å². The highest BCUT2D eigenvalue weighted by Gasteiger charge is 2.01. The molecule has 13 heavy (non-hydrogen) atoms. The Morgan fingerprint density at radius 3 is 2.69 bits per heavy atom. The van der Waals surface area contributed by atoms with E-state index in [9.17, 15) is 0 Å². The van der Waals surface area contributed by atoms with Crippen LogP contribution in [0, 0.1) is 6.92 Å². The van der Waals surface area contributed by atoms with Gasteiger partial charge < -0.3 is 11.5 Å². The van der Waals surface area contributed by atoms with E-state index in [1.165, 1.54) is 10.5 Å². The zero-order valence-corrected chi connectivity index (χ0v) is 8.90. The maximum Gasteiger partial charge on any atom is 0.0317 e. The van der Waals surface area contributed by atoms with Crippen LogP contribution in [0.2, 0.25) is 0 Å². The highest BCUT2D eigenvalue weighted by molar-refractivity contribution is 7.99. The van der Waals surface area contributed by atoms with Crippen LogP contribution in [-0.2, 0) is 0 Å². The van der Waals surface area contributed by atoms with Crippen molar-refractivity contribution in [3.63, 3.8) is 0 Å². The summed E-state index contributed by atoms with van der Waals surface area (Å²) in [5.74, 6) is 0.949. The van der Waals surface area contributed by atoms with Crippen molar-refractivity contribution >= 4 is 17.4 Å². The van der Waals surface area contributed by atoms with Crippen LogP contribution in [0.25, 0.3) is 0 Å². The molecular formula is C10H16N2S. The van der Waals surface area contributed by atoms with Gasteiger partial charge in [0.05, 0.1) is 0 Å². The molecule has 1 aromatic rings. The van der Waals surface area contributed by atoms with Gasteiger partial charge in [0.15, 0.2) is 0 Å². The van der Waals surface area contributed by atoms with E-state index < -0.39 is 0 Å². The van der Waals surface area contributed by atoms with Crippen molar-refractivity contribution < 1.29 is 0 Å². The van der Waals surface area contributed by atoms with Crippen molar-refractivity contribution in [1.29, 1.82) is 0 Å². The van der Waals surface area contributed by atoms with Crippen molar-refractivity contribution in [3.05, 3.63) is 23.8 Å². The van der Waals surface area contributed by atoms with Gasteiger partial charge in [-0.15, -0.1) is 11.8 Å². The maximum atomic E-state index is 5.67. The van der Waals surface area contributed by atoms with E-state index in [-0.39, 0.29) is 6.04 Å². The molecule has 0 aromatic heterocycles. The fraction of sp³-hybridized carbons (Fsp3) is 0.400. The average Bonchev–Trinajstić information content (AvgIpc) is 2.02. The molecule has 0 bridgehead atoms. The Labute approximate surface area is 83.7 Å². The molecule has 2 nitrogen and oxygen atoms in total. The molecule has 1 rings (SSSR count). The second-order valence-corrected chi connectivity index (χ2v) is 4.38. The first kappa shape index (κ1) is 10.4. The van der Waals surface area contributed by atoms with Gasteiger partial charge in [0, 0.05) is 22.4 Å². The number of hydrogen-bond donors (Lipinski definition) is 2. The minimum absolute atomic E-state index is 0.238. The lowest BCUT2D eigenvalue weighted by atomic mass is 10.2. The number of rotatable bonds is 3. The number of thioether (sulfide) groups is 1. The van der Waals surface area contributed by atoms with Crippen molar-refractivity contribution in [2.75, 3.05) is 11.5 Å². The van der Waals surface area contributed by atoms with Gasteiger partial charge in [-0.05, 0) is 37.6 Å². The van der Waals surface area contributed by atoms with E-state index >= 15 is 0 Å². The Kier molecular flexibility index (Phi) is 3.63. The zero-order chi connectivity index (χ0) is 9.84. The van der Waals surface area contributed by atoms with E-state index in [0.29, 0.717) is 0 Å². The third kappa shape index (κ3) is 3.28. The number of anilines is 1. The molecule has 0 amide bonds. The van der Waals surface area contributed by atoms with Gasteiger partial charge in [0.1, 0.15) is 0 Å². The monoisotopic (exact) mass is 196 g/mol. The average molecular weight is 196 g/mol. The number of nitrogen functional groups attached to an aromatic ring is 1. The third-order valence-electron chi connectivity index (χ3n) is 1.70. The van der Waals surface area contributed by atoms with Gasteiger partial charge in [-0.25, -0.2) is 0 Å². The Hall–Kier alpha value is -0.670. The summed E-state index contributed by atoms with van der Waals surface area (Å²) < 4.78 is 0. The number of hydrogen-bond acceptors (Lipinski definition) is 3. The summed E-state index contributed by atoms with van der Waals surface area (Å²) in [5, 5.41) is 0. The molecule has 0 saturated carbocycles. The Morgan fingerprint density at radius 1 is 1.46 bits per heavy atom. The summed E-state index contributed by atoms with van der Waals surface area (Å²) in [6.45, 7) is 4.08. The van der Waals surface area contributed by atoms with E-state index in [0.717, 1.165) is 11.4 Å².